The molecule has 2 atom stereocenters. The van der Waals surface area contributed by atoms with Gasteiger partial charge in [0.1, 0.15) is 0 Å². The van der Waals surface area contributed by atoms with Crippen molar-refractivity contribution in [3.63, 3.8) is 0 Å². The fourth-order valence-corrected chi connectivity index (χ4v) is 2.55. The summed E-state index contributed by atoms with van der Waals surface area (Å²) in [7, 11) is 0. The zero-order chi connectivity index (χ0) is 13.3. The first kappa shape index (κ1) is 13.2. The molecule has 0 aliphatic carbocycles. The van der Waals surface area contributed by atoms with E-state index in [4.69, 9.17) is 10.5 Å². The van der Waals surface area contributed by atoms with Crippen LogP contribution < -0.4 is 10.6 Å². The number of hydrogen-bond acceptors (Lipinski definition) is 4. The molecular formula is C13H24N4O. The van der Waals surface area contributed by atoms with E-state index in [0.717, 1.165) is 43.3 Å². The summed E-state index contributed by atoms with van der Waals surface area (Å²) in [6.07, 6.45) is 1.30. The van der Waals surface area contributed by atoms with Gasteiger partial charge in [-0.15, -0.1) is 0 Å². The van der Waals surface area contributed by atoms with Crippen molar-refractivity contribution >= 4 is 11.5 Å². The molecule has 1 aliphatic heterocycles. The molecule has 1 saturated heterocycles. The lowest BCUT2D eigenvalue weighted by Gasteiger charge is -2.40. The van der Waals surface area contributed by atoms with Crippen LogP contribution in [0.25, 0.3) is 0 Å². The lowest BCUT2D eigenvalue weighted by Crippen LogP contribution is -2.49. The fraction of sp³-hybridized carbons (Fsp3) is 0.769. The average Bonchev–Trinajstić information content (AvgIpc) is 2.65. The molecule has 1 aliphatic rings. The van der Waals surface area contributed by atoms with Crippen molar-refractivity contribution in [2.75, 3.05) is 23.8 Å². The first-order valence-corrected chi connectivity index (χ1v) is 6.79. The molecule has 1 aromatic heterocycles. The highest BCUT2D eigenvalue weighted by molar-refractivity contribution is 5.67. The van der Waals surface area contributed by atoms with Crippen molar-refractivity contribution in [1.82, 2.24) is 9.78 Å². The van der Waals surface area contributed by atoms with E-state index in [1.807, 2.05) is 11.6 Å². The molecule has 2 rings (SSSR count). The quantitative estimate of drug-likeness (QED) is 0.891. The molecule has 2 unspecified atom stereocenters. The minimum absolute atomic E-state index is 0.243. The van der Waals surface area contributed by atoms with Crippen molar-refractivity contribution in [2.45, 2.75) is 52.8 Å². The second-order valence-corrected chi connectivity index (χ2v) is 5.00. The molecular weight excluding hydrogens is 228 g/mol. The maximum atomic E-state index is 6.21. The minimum atomic E-state index is 0.243. The largest absolute Gasteiger partial charge is 0.394 e. The van der Waals surface area contributed by atoms with Crippen molar-refractivity contribution in [3.8, 4) is 0 Å². The summed E-state index contributed by atoms with van der Waals surface area (Å²) in [4.78, 5) is 2.37. The van der Waals surface area contributed by atoms with Crippen LogP contribution in [0.15, 0.2) is 0 Å². The fourth-order valence-electron chi connectivity index (χ4n) is 2.55. The smallest absolute Gasteiger partial charge is 0.151 e. The van der Waals surface area contributed by atoms with Crippen LogP contribution in [-0.2, 0) is 11.3 Å². The summed E-state index contributed by atoms with van der Waals surface area (Å²) in [5.74, 6) is 1.07. The Labute approximate surface area is 109 Å². The minimum Gasteiger partial charge on any atom is -0.394 e. The van der Waals surface area contributed by atoms with E-state index in [1.165, 1.54) is 0 Å². The van der Waals surface area contributed by atoms with Gasteiger partial charge in [0.25, 0.3) is 0 Å². The summed E-state index contributed by atoms with van der Waals surface area (Å²) < 4.78 is 7.75. The monoisotopic (exact) mass is 252 g/mol. The molecule has 18 heavy (non-hydrogen) atoms. The highest BCUT2D eigenvalue weighted by Gasteiger charge is 2.30. The molecule has 0 spiro atoms. The second-order valence-electron chi connectivity index (χ2n) is 5.00. The predicted molar refractivity (Wildman–Crippen MR) is 73.9 cm³/mol. The van der Waals surface area contributed by atoms with Crippen LogP contribution >= 0.6 is 0 Å². The molecule has 0 aromatic carbocycles. The van der Waals surface area contributed by atoms with Crippen molar-refractivity contribution in [3.05, 3.63) is 5.69 Å². The predicted octanol–water partition coefficient (Wildman–Crippen LogP) is 1.80. The van der Waals surface area contributed by atoms with Crippen LogP contribution in [0.3, 0.4) is 0 Å². The van der Waals surface area contributed by atoms with Gasteiger partial charge in [-0.2, -0.15) is 5.10 Å². The van der Waals surface area contributed by atoms with Gasteiger partial charge in [0.2, 0.25) is 0 Å². The van der Waals surface area contributed by atoms with E-state index in [2.05, 4.69) is 30.8 Å². The van der Waals surface area contributed by atoms with E-state index in [1.54, 1.807) is 0 Å². The first-order chi connectivity index (χ1) is 8.58. The van der Waals surface area contributed by atoms with Gasteiger partial charge in [0.15, 0.2) is 5.82 Å². The number of nitrogen functional groups attached to an aromatic ring is 1. The number of nitrogens with two attached hydrogens (primary N) is 1. The molecule has 0 saturated carbocycles. The lowest BCUT2D eigenvalue weighted by atomic mass is 10.1. The van der Waals surface area contributed by atoms with Crippen LogP contribution in [-0.4, -0.2) is 35.1 Å². The van der Waals surface area contributed by atoms with Crippen molar-refractivity contribution in [2.24, 2.45) is 0 Å². The molecule has 2 N–H and O–H groups in total. The van der Waals surface area contributed by atoms with Crippen LogP contribution in [0.5, 0.6) is 0 Å². The molecule has 1 aromatic rings. The van der Waals surface area contributed by atoms with Gasteiger partial charge in [0.05, 0.1) is 30.1 Å². The molecule has 2 heterocycles. The summed E-state index contributed by atoms with van der Waals surface area (Å²) in [5, 5.41) is 4.51. The summed E-state index contributed by atoms with van der Waals surface area (Å²) >= 11 is 0. The van der Waals surface area contributed by atoms with E-state index in [0.29, 0.717) is 6.04 Å². The van der Waals surface area contributed by atoms with Crippen LogP contribution in [0.1, 0.15) is 32.9 Å². The number of aryl methyl sites for hydroxylation is 2. The zero-order valence-corrected chi connectivity index (χ0v) is 11.8. The maximum Gasteiger partial charge on any atom is 0.151 e. The highest BCUT2D eigenvalue weighted by atomic mass is 16.5. The van der Waals surface area contributed by atoms with Gasteiger partial charge >= 0.3 is 0 Å². The number of nitrogens with zero attached hydrogens (tertiary/aromatic N) is 3. The first-order valence-electron chi connectivity index (χ1n) is 6.79. The molecule has 0 bridgehead atoms. The Balaban J connectivity index is 2.38. The van der Waals surface area contributed by atoms with Crippen LogP contribution in [0, 0.1) is 6.92 Å². The van der Waals surface area contributed by atoms with Crippen molar-refractivity contribution in [1.29, 1.82) is 0 Å². The Kier molecular flexibility index (Phi) is 3.80. The Morgan fingerprint density at radius 1 is 1.44 bits per heavy atom. The Morgan fingerprint density at radius 3 is 2.78 bits per heavy atom. The van der Waals surface area contributed by atoms with E-state index in [-0.39, 0.29) is 6.10 Å². The molecule has 102 valence electrons. The number of morpholine rings is 1. The van der Waals surface area contributed by atoms with Crippen LogP contribution in [0.4, 0.5) is 11.5 Å². The lowest BCUT2D eigenvalue weighted by molar-refractivity contribution is 0.0293. The molecule has 5 heteroatoms. The summed E-state index contributed by atoms with van der Waals surface area (Å²) in [6.45, 7) is 10.9. The van der Waals surface area contributed by atoms with Crippen LogP contribution in [0.2, 0.25) is 0 Å². The second kappa shape index (κ2) is 5.18. The Bertz CT molecular complexity index is 415. The summed E-state index contributed by atoms with van der Waals surface area (Å²) in [5.41, 5.74) is 7.93. The van der Waals surface area contributed by atoms with Gasteiger partial charge in [-0.05, 0) is 27.2 Å². The van der Waals surface area contributed by atoms with Gasteiger partial charge in [0, 0.05) is 13.1 Å². The van der Waals surface area contributed by atoms with Gasteiger partial charge in [-0.3, -0.25) is 0 Å². The topological polar surface area (TPSA) is 56.3 Å². The SMILES string of the molecule is CCC1COC(C)CN1c1c(N)c(C)nn1CC. The van der Waals surface area contributed by atoms with Gasteiger partial charge in [-0.1, -0.05) is 6.92 Å². The number of anilines is 2. The number of hydrogen-bond donors (Lipinski definition) is 1. The van der Waals surface area contributed by atoms with Crippen molar-refractivity contribution < 1.29 is 4.74 Å². The molecule has 0 amide bonds. The highest BCUT2D eigenvalue weighted by Crippen LogP contribution is 2.31. The normalized spacial score (nSPS) is 24.6. The van der Waals surface area contributed by atoms with E-state index in [9.17, 15) is 0 Å². The molecule has 0 radical (unpaired) electrons. The van der Waals surface area contributed by atoms with E-state index < -0.39 is 0 Å². The molecule has 1 fully saturated rings. The third-order valence-electron chi connectivity index (χ3n) is 3.66. The van der Waals surface area contributed by atoms with Gasteiger partial charge in [-0.25, -0.2) is 4.68 Å². The third kappa shape index (κ3) is 2.19. The third-order valence-corrected chi connectivity index (χ3v) is 3.66. The average molecular weight is 252 g/mol. The van der Waals surface area contributed by atoms with Gasteiger partial charge < -0.3 is 15.4 Å². The summed E-state index contributed by atoms with van der Waals surface area (Å²) in [6, 6.07) is 0.393. The number of rotatable bonds is 3. The Hall–Kier alpha value is -1.23. The standard InChI is InChI=1S/C13H24N4O/c1-5-11-8-18-9(3)7-16(11)13-12(14)10(4)15-17(13)6-2/h9,11H,5-8,14H2,1-4H3. The number of ether oxygens (including phenoxy) is 1. The zero-order valence-electron chi connectivity index (χ0n) is 11.8. The van der Waals surface area contributed by atoms with E-state index >= 15 is 0 Å². The number of aromatic nitrogens is 2. The Morgan fingerprint density at radius 2 is 2.17 bits per heavy atom. The maximum absolute atomic E-state index is 6.21. The molecule has 5 nitrogen and oxygen atoms in total.